The molecule has 1 aliphatic carbocycles. The van der Waals surface area contributed by atoms with E-state index in [0.717, 1.165) is 31.2 Å². The first-order valence-corrected chi connectivity index (χ1v) is 9.00. The number of benzene rings is 2. The molecule has 0 radical (unpaired) electrons. The van der Waals surface area contributed by atoms with Crippen molar-refractivity contribution in [2.75, 3.05) is 6.54 Å². The first kappa shape index (κ1) is 17.8. The second-order valence-electron chi connectivity index (χ2n) is 6.61. The fraction of sp³-hybridized carbons (Fsp3) is 0.350. The Balaban J connectivity index is 1.96. The Hall–Kier alpha value is -2.04. The summed E-state index contributed by atoms with van der Waals surface area (Å²) in [4.78, 5) is 11.3. The third-order valence-electron chi connectivity index (χ3n) is 4.91. The molecule has 0 aliphatic heterocycles. The highest BCUT2D eigenvalue weighted by Crippen LogP contribution is 2.35. The molecule has 2 unspecified atom stereocenters. The first-order chi connectivity index (χ1) is 12.1. The number of amides is 1. The van der Waals surface area contributed by atoms with Crippen LogP contribution in [0.4, 0.5) is 4.79 Å². The highest BCUT2D eigenvalue weighted by Gasteiger charge is 2.31. The molecule has 0 saturated carbocycles. The van der Waals surface area contributed by atoms with Gasteiger partial charge in [0.1, 0.15) is 0 Å². The van der Waals surface area contributed by atoms with E-state index in [1.165, 1.54) is 16.7 Å². The molecule has 3 rings (SSSR count). The van der Waals surface area contributed by atoms with Gasteiger partial charge in [-0.15, -0.1) is 0 Å². The lowest BCUT2D eigenvalue weighted by molar-refractivity contribution is 0.185. The fourth-order valence-electron chi connectivity index (χ4n) is 3.77. The molecule has 0 heterocycles. The Bertz CT molecular complexity index is 763. The number of nitrogens with two attached hydrogens (primary N) is 1. The lowest BCUT2D eigenvalue weighted by atomic mass is 9.75. The lowest BCUT2D eigenvalue weighted by Crippen LogP contribution is -2.42. The minimum Gasteiger partial charge on any atom is -0.465 e. The molecule has 4 N–H and O–H groups in total. The first-order valence-electron chi connectivity index (χ1n) is 8.62. The Kier molecular flexibility index (Phi) is 5.61. The van der Waals surface area contributed by atoms with Gasteiger partial charge in [-0.05, 0) is 66.6 Å². The Labute approximate surface area is 153 Å². The average Bonchev–Trinajstić information content (AvgIpc) is 2.57. The largest absolute Gasteiger partial charge is 0.465 e. The summed E-state index contributed by atoms with van der Waals surface area (Å²) in [6, 6.07) is 14.2. The lowest BCUT2D eigenvalue weighted by Gasteiger charge is -2.34. The van der Waals surface area contributed by atoms with E-state index in [1.807, 2.05) is 24.3 Å². The van der Waals surface area contributed by atoms with Gasteiger partial charge in [0, 0.05) is 17.0 Å². The molecule has 2 aromatic carbocycles. The maximum absolute atomic E-state index is 11.3. The van der Waals surface area contributed by atoms with Crippen LogP contribution in [0.15, 0.2) is 42.5 Å². The molecule has 2 atom stereocenters. The molecule has 0 spiro atoms. The number of rotatable bonds is 5. The van der Waals surface area contributed by atoms with Crippen molar-refractivity contribution in [3.8, 4) is 0 Å². The summed E-state index contributed by atoms with van der Waals surface area (Å²) < 4.78 is 0. The third kappa shape index (κ3) is 4.33. The number of carbonyl (C=O) groups is 1. The molecule has 1 amide bonds. The molecular weight excluding hydrogens is 336 g/mol. The topological polar surface area (TPSA) is 75.3 Å². The highest BCUT2D eigenvalue weighted by molar-refractivity contribution is 6.30. The molecule has 132 valence electrons. The van der Waals surface area contributed by atoms with E-state index in [-0.39, 0.29) is 12.0 Å². The van der Waals surface area contributed by atoms with E-state index in [4.69, 9.17) is 17.3 Å². The highest BCUT2D eigenvalue weighted by atomic mass is 35.5. The van der Waals surface area contributed by atoms with Crippen molar-refractivity contribution in [2.24, 2.45) is 5.73 Å². The molecule has 25 heavy (non-hydrogen) atoms. The number of carboxylic acid groups (broad SMARTS) is 1. The normalized spacial score (nSPS) is 19.3. The summed E-state index contributed by atoms with van der Waals surface area (Å²) in [5.41, 5.74) is 10.6. The minimum atomic E-state index is -0.970. The molecule has 4 nitrogen and oxygen atoms in total. The van der Waals surface area contributed by atoms with Gasteiger partial charge >= 0.3 is 6.09 Å². The standard InChI is InChI=1S/C20H23ClN2O2/c21-16-3-1-2-14(10-16)12-18-17-11-13(8-9-22)4-5-15(17)6-7-19(18)23-20(24)25/h1-5,10-11,18-19,23H,6-9,12,22H2,(H,24,25). The number of nitrogens with one attached hydrogen (secondary N) is 1. The summed E-state index contributed by atoms with van der Waals surface area (Å²) in [5.74, 6) is 0.0936. The van der Waals surface area contributed by atoms with Crippen molar-refractivity contribution in [3.05, 3.63) is 69.7 Å². The van der Waals surface area contributed by atoms with Crippen LogP contribution in [0.3, 0.4) is 0 Å². The van der Waals surface area contributed by atoms with Crippen LogP contribution in [0.5, 0.6) is 0 Å². The van der Waals surface area contributed by atoms with Crippen molar-refractivity contribution in [1.29, 1.82) is 0 Å². The third-order valence-corrected chi connectivity index (χ3v) is 5.14. The van der Waals surface area contributed by atoms with Crippen molar-refractivity contribution in [3.63, 3.8) is 0 Å². The molecule has 0 saturated heterocycles. The van der Waals surface area contributed by atoms with E-state index in [1.54, 1.807) is 0 Å². The van der Waals surface area contributed by atoms with Gasteiger partial charge in [0.05, 0.1) is 0 Å². The smallest absolute Gasteiger partial charge is 0.404 e. The summed E-state index contributed by atoms with van der Waals surface area (Å²) in [7, 11) is 0. The second-order valence-corrected chi connectivity index (χ2v) is 7.04. The molecule has 1 aliphatic rings. The number of aryl methyl sites for hydroxylation is 1. The Morgan fingerprint density at radius 3 is 2.80 bits per heavy atom. The number of hydrogen-bond acceptors (Lipinski definition) is 2. The molecule has 0 fully saturated rings. The summed E-state index contributed by atoms with van der Waals surface area (Å²) in [6.07, 6.45) is 2.30. The summed E-state index contributed by atoms with van der Waals surface area (Å²) in [6.45, 7) is 0.606. The molecule has 0 aromatic heterocycles. The maximum atomic E-state index is 11.3. The van der Waals surface area contributed by atoms with Gasteiger partial charge in [0.2, 0.25) is 0 Å². The Morgan fingerprint density at radius 1 is 1.24 bits per heavy atom. The van der Waals surface area contributed by atoms with Gasteiger partial charge in [-0.3, -0.25) is 0 Å². The van der Waals surface area contributed by atoms with Crippen LogP contribution < -0.4 is 11.1 Å². The van der Waals surface area contributed by atoms with Gasteiger partial charge in [0.15, 0.2) is 0 Å². The van der Waals surface area contributed by atoms with E-state index >= 15 is 0 Å². The van der Waals surface area contributed by atoms with E-state index in [0.29, 0.717) is 11.6 Å². The van der Waals surface area contributed by atoms with Crippen molar-refractivity contribution < 1.29 is 9.90 Å². The van der Waals surface area contributed by atoms with Gasteiger partial charge in [0.25, 0.3) is 0 Å². The average molecular weight is 359 g/mol. The van der Waals surface area contributed by atoms with Crippen LogP contribution in [0.1, 0.15) is 34.6 Å². The molecular formula is C20H23ClN2O2. The second kappa shape index (κ2) is 7.89. The quantitative estimate of drug-likeness (QED) is 0.761. The summed E-state index contributed by atoms with van der Waals surface area (Å²) >= 11 is 6.13. The van der Waals surface area contributed by atoms with Crippen molar-refractivity contribution >= 4 is 17.7 Å². The van der Waals surface area contributed by atoms with E-state index in [2.05, 4.69) is 23.5 Å². The summed E-state index contributed by atoms with van der Waals surface area (Å²) in [5, 5.41) is 12.7. The number of halogens is 1. The van der Waals surface area contributed by atoms with E-state index < -0.39 is 6.09 Å². The number of fused-ring (bicyclic) bond motifs is 1. The zero-order valence-corrected chi connectivity index (χ0v) is 14.8. The van der Waals surface area contributed by atoms with Crippen LogP contribution in [-0.4, -0.2) is 23.8 Å². The van der Waals surface area contributed by atoms with Crippen LogP contribution in [0, 0.1) is 0 Å². The van der Waals surface area contributed by atoms with E-state index in [9.17, 15) is 9.90 Å². The molecule has 0 bridgehead atoms. The zero-order valence-electron chi connectivity index (χ0n) is 14.0. The van der Waals surface area contributed by atoms with Crippen LogP contribution in [0.2, 0.25) is 5.02 Å². The van der Waals surface area contributed by atoms with Crippen molar-refractivity contribution in [1.82, 2.24) is 5.32 Å². The zero-order chi connectivity index (χ0) is 17.8. The van der Waals surface area contributed by atoms with Crippen LogP contribution in [-0.2, 0) is 19.3 Å². The van der Waals surface area contributed by atoms with Gasteiger partial charge in [-0.2, -0.15) is 0 Å². The van der Waals surface area contributed by atoms with Gasteiger partial charge in [-0.1, -0.05) is 41.9 Å². The minimum absolute atomic E-state index is 0.0936. The fourth-order valence-corrected chi connectivity index (χ4v) is 3.98. The molecule has 5 heteroatoms. The Morgan fingerprint density at radius 2 is 2.08 bits per heavy atom. The van der Waals surface area contributed by atoms with Gasteiger partial charge in [-0.25, -0.2) is 4.79 Å². The predicted molar refractivity (Wildman–Crippen MR) is 100 cm³/mol. The van der Waals surface area contributed by atoms with Gasteiger partial charge < -0.3 is 16.2 Å². The predicted octanol–water partition coefficient (Wildman–Crippen LogP) is 3.75. The van der Waals surface area contributed by atoms with Crippen LogP contribution >= 0.6 is 11.6 Å². The maximum Gasteiger partial charge on any atom is 0.404 e. The SMILES string of the molecule is NCCc1ccc2c(c1)C(Cc1cccc(Cl)c1)C(NC(=O)O)CC2. The molecule has 2 aromatic rings. The number of hydrogen-bond donors (Lipinski definition) is 3. The van der Waals surface area contributed by atoms with Crippen molar-refractivity contribution in [2.45, 2.75) is 37.6 Å². The monoisotopic (exact) mass is 358 g/mol. The van der Waals surface area contributed by atoms with Crippen LogP contribution in [0.25, 0.3) is 0 Å².